The third-order valence-electron chi connectivity index (χ3n) is 3.78. The molecule has 1 N–H and O–H groups in total. The Labute approximate surface area is 133 Å². The zero-order valence-corrected chi connectivity index (χ0v) is 13.4. The van der Waals surface area contributed by atoms with Gasteiger partial charge in [0.05, 0.1) is 6.54 Å². The Hall–Kier alpha value is -1.81. The molecule has 3 rings (SSSR count). The predicted octanol–water partition coefficient (Wildman–Crippen LogP) is 3.84. The van der Waals surface area contributed by atoms with Crippen molar-refractivity contribution in [2.45, 2.75) is 19.4 Å². The number of hydrogen-bond acceptors (Lipinski definition) is 2. The summed E-state index contributed by atoms with van der Waals surface area (Å²) in [6.45, 7) is 2.39. The Bertz CT molecular complexity index is 671. The van der Waals surface area contributed by atoms with Crippen LogP contribution in [0.2, 0.25) is 0 Å². The van der Waals surface area contributed by atoms with Crippen LogP contribution < -0.4 is 10.2 Å². The zero-order chi connectivity index (χ0) is 14.8. The molecule has 1 amide bonds. The van der Waals surface area contributed by atoms with Crippen molar-refractivity contribution >= 4 is 33.2 Å². The molecule has 2 aromatic carbocycles. The third-order valence-corrected chi connectivity index (χ3v) is 4.47. The SMILES string of the molecule is CC1Cc2ccccc2N1C(=O)CNc1ccccc1Br. The van der Waals surface area contributed by atoms with E-state index in [1.165, 1.54) is 5.56 Å². The average Bonchev–Trinajstić information content (AvgIpc) is 2.82. The minimum absolute atomic E-state index is 0.100. The summed E-state index contributed by atoms with van der Waals surface area (Å²) in [6, 6.07) is 16.2. The van der Waals surface area contributed by atoms with Crippen LogP contribution in [0.4, 0.5) is 11.4 Å². The molecule has 108 valence electrons. The number of halogens is 1. The fourth-order valence-electron chi connectivity index (χ4n) is 2.81. The summed E-state index contributed by atoms with van der Waals surface area (Å²) >= 11 is 3.48. The lowest BCUT2D eigenvalue weighted by atomic mass is 10.1. The van der Waals surface area contributed by atoms with Crippen molar-refractivity contribution in [3.05, 3.63) is 58.6 Å². The fourth-order valence-corrected chi connectivity index (χ4v) is 3.23. The summed E-state index contributed by atoms with van der Waals surface area (Å²) in [6.07, 6.45) is 0.928. The lowest BCUT2D eigenvalue weighted by molar-refractivity contribution is -0.117. The lowest BCUT2D eigenvalue weighted by Gasteiger charge is -2.23. The number of amides is 1. The first-order valence-corrected chi connectivity index (χ1v) is 7.84. The smallest absolute Gasteiger partial charge is 0.246 e. The highest BCUT2D eigenvalue weighted by atomic mass is 79.9. The fraction of sp³-hybridized carbons (Fsp3) is 0.235. The number of hydrogen-bond donors (Lipinski definition) is 1. The molecule has 21 heavy (non-hydrogen) atoms. The summed E-state index contributed by atoms with van der Waals surface area (Å²) in [5.41, 5.74) is 3.23. The molecule has 0 saturated heterocycles. The molecule has 0 aromatic heterocycles. The van der Waals surface area contributed by atoms with Crippen molar-refractivity contribution in [3.8, 4) is 0 Å². The van der Waals surface area contributed by atoms with E-state index in [2.05, 4.69) is 34.2 Å². The Morgan fingerprint density at radius 1 is 1.24 bits per heavy atom. The molecule has 0 saturated carbocycles. The van der Waals surface area contributed by atoms with Crippen molar-refractivity contribution in [1.82, 2.24) is 0 Å². The Morgan fingerprint density at radius 3 is 2.76 bits per heavy atom. The van der Waals surface area contributed by atoms with Gasteiger partial charge in [0.1, 0.15) is 0 Å². The van der Waals surface area contributed by atoms with Gasteiger partial charge in [0.15, 0.2) is 0 Å². The van der Waals surface area contributed by atoms with Crippen LogP contribution in [0.25, 0.3) is 0 Å². The van der Waals surface area contributed by atoms with Crippen molar-refractivity contribution in [3.63, 3.8) is 0 Å². The van der Waals surface area contributed by atoms with E-state index >= 15 is 0 Å². The van der Waals surface area contributed by atoms with Gasteiger partial charge in [-0.15, -0.1) is 0 Å². The highest BCUT2D eigenvalue weighted by Gasteiger charge is 2.30. The van der Waals surface area contributed by atoms with Crippen LogP contribution >= 0.6 is 15.9 Å². The van der Waals surface area contributed by atoms with Gasteiger partial charge in [0, 0.05) is 21.9 Å². The first-order chi connectivity index (χ1) is 10.2. The molecule has 3 nitrogen and oxygen atoms in total. The minimum Gasteiger partial charge on any atom is -0.375 e. The molecule has 1 heterocycles. The van der Waals surface area contributed by atoms with E-state index in [4.69, 9.17) is 0 Å². The second kappa shape index (κ2) is 5.90. The summed E-state index contributed by atoms with van der Waals surface area (Å²) < 4.78 is 0.965. The monoisotopic (exact) mass is 344 g/mol. The van der Waals surface area contributed by atoms with Gasteiger partial charge in [0.2, 0.25) is 5.91 Å². The standard InChI is InChI=1S/C17H17BrN2O/c1-12-10-13-6-2-5-9-16(13)20(12)17(21)11-19-15-8-4-3-7-14(15)18/h2-9,12,19H,10-11H2,1H3. The number of carbonyl (C=O) groups excluding carboxylic acids is 1. The van der Waals surface area contributed by atoms with E-state index in [9.17, 15) is 4.79 Å². The molecule has 0 aliphatic carbocycles. The van der Waals surface area contributed by atoms with Crippen LogP contribution in [0.5, 0.6) is 0 Å². The van der Waals surface area contributed by atoms with Crippen LogP contribution in [-0.2, 0) is 11.2 Å². The van der Waals surface area contributed by atoms with Crippen molar-refractivity contribution in [2.75, 3.05) is 16.8 Å². The molecule has 1 aliphatic heterocycles. The lowest BCUT2D eigenvalue weighted by Crippen LogP contribution is -2.39. The maximum absolute atomic E-state index is 12.6. The van der Waals surface area contributed by atoms with E-state index in [1.807, 2.05) is 47.4 Å². The first kappa shape index (κ1) is 14.1. The van der Waals surface area contributed by atoms with Gasteiger partial charge in [0.25, 0.3) is 0 Å². The largest absolute Gasteiger partial charge is 0.375 e. The first-order valence-electron chi connectivity index (χ1n) is 7.05. The number of nitrogens with zero attached hydrogens (tertiary/aromatic N) is 1. The van der Waals surface area contributed by atoms with Crippen molar-refractivity contribution in [1.29, 1.82) is 0 Å². The molecule has 0 bridgehead atoms. The van der Waals surface area contributed by atoms with Crippen LogP contribution in [0.3, 0.4) is 0 Å². The van der Waals surface area contributed by atoms with Gasteiger partial charge in [-0.3, -0.25) is 4.79 Å². The van der Waals surface area contributed by atoms with Crippen LogP contribution in [0, 0.1) is 0 Å². The van der Waals surface area contributed by atoms with E-state index in [0.717, 1.165) is 22.3 Å². The van der Waals surface area contributed by atoms with E-state index in [-0.39, 0.29) is 11.9 Å². The predicted molar refractivity (Wildman–Crippen MR) is 89.7 cm³/mol. The molecule has 0 radical (unpaired) electrons. The number of carbonyl (C=O) groups is 1. The average molecular weight is 345 g/mol. The van der Waals surface area contributed by atoms with Crippen LogP contribution in [-0.4, -0.2) is 18.5 Å². The van der Waals surface area contributed by atoms with E-state index in [1.54, 1.807) is 0 Å². The molecular weight excluding hydrogens is 328 g/mol. The molecule has 1 unspecified atom stereocenters. The number of benzene rings is 2. The van der Waals surface area contributed by atoms with Gasteiger partial charge in [-0.1, -0.05) is 30.3 Å². The van der Waals surface area contributed by atoms with Gasteiger partial charge < -0.3 is 10.2 Å². The Kier molecular flexibility index (Phi) is 3.97. The van der Waals surface area contributed by atoms with E-state index < -0.39 is 0 Å². The molecule has 1 atom stereocenters. The van der Waals surface area contributed by atoms with Gasteiger partial charge in [-0.25, -0.2) is 0 Å². The number of nitrogens with one attached hydrogen (secondary N) is 1. The topological polar surface area (TPSA) is 32.3 Å². The zero-order valence-electron chi connectivity index (χ0n) is 11.8. The minimum atomic E-state index is 0.100. The van der Waals surface area contributed by atoms with Crippen molar-refractivity contribution < 1.29 is 4.79 Å². The Balaban J connectivity index is 1.73. The van der Waals surface area contributed by atoms with Crippen molar-refractivity contribution in [2.24, 2.45) is 0 Å². The number of anilines is 2. The summed E-state index contributed by atoms with van der Waals surface area (Å²) in [4.78, 5) is 14.5. The molecule has 4 heteroatoms. The second-order valence-electron chi connectivity index (χ2n) is 5.28. The third kappa shape index (κ3) is 2.81. The van der Waals surface area contributed by atoms with Crippen LogP contribution in [0.15, 0.2) is 53.0 Å². The number of fused-ring (bicyclic) bond motifs is 1. The van der Waals surface area contributed by atoms with Gasteiger partial charge in [-0.05, 0) is 53.0 Å². The summed E-state index contributed by atoms with van der Waals surface area (Å²) in [5.74, 6) is 0.100. The number of para-hydroxylation sites is 2. The number of rotatable bonds is 3. The second-order valence-corrected chi connectivity index (χ2v) is 6.13. The maximum Gasteiger partial charge on any atom is 0.246 e. The normalized spacial score (nSPS) is 16.7. The quantitative estimate of drug-likeness (QED) is 0.917. The molecule has 0 fully saturated rings. The highest BCUT2D eigenvalue weighted by Crippen LogP contribution is 2.32. The molecule has 0 spiro atoms. The molecular formula is C17H17BrN2O. The van der Waals surface area contributed by atoms with E-state index in [0.29, 0.717) is 6.54 Å². The summed E-state index contributed by atoms with van der Waals surface area (Å²) in [5, 5.41) is 3.20. The molecule has 1 aliphatic rings. The van der Waals surface area contributed by atoms with Gasteiger partial charge in [-0.2, -0.15) is 0 Å². The molecule has 2 aromatic rings. The van der Waals surface area contributed by atoms with Gasteiger partial charge >= 0.3 is 0 Å². The summed E-state index contributed by atoms with van der Waals surface area (Å²) in [7, 11) is 0. The Morgan fingerprint density at radius 2 is 1.95 bits per heavy atom. The van der Waals surface area contributed by atoms with Crippen LogP contribution in [0.1, 0.15) is 12.5 Å². The highest BCUT2D eigenvalue weighted by molar-refractivity contribution is 9.10. The maximum atomic E-state index is 12.6.